The fourth-order valence-electron chi connectivity index (χ4n) is 2.21. The van der Waals surface area contributed by atoms with Crippen LogP contribution in [0.3, 0.4) is 0 Å². The first-order valence-corrected chi connectivity index (χ1v) is 6.65. The average molecular weight is 268 g/mol. The Kier molecular flexibility index (Phi) is 3.76. The lowest BCUT2D eigenvalue weighted by Crippen LogP contribution is -2.53. The number of carbonyl (C=O) groups excluding carboxylic acids is 1. The molecular weight excluding hydrogens is 250 g/mol. The minimum Gasteiger partial charge on any atom is -0.373 e. The average Bonchev–Trinajstić information content (AvgIpc) is 2.34. The van der Waals surface area contributed by atoms with E-state index in [1.165, 1.54) is 6.42 Å². The molecule has 1 saturated carbocycles. The molecule has 1 aromatic rings. The third kappa shape index (κ3) is 2.43. The van der Waals surface area contributed by atoms with E-state index < -0.39 is 0 Å². The zero-order valence-electron chi connectivity index (χ0n) is 10.7. The molecule has 0 saturated heterocycles. The highest BCUT2D eigenvalue weighted by Gasteiger charge is 2.37. The van der Waals surface area contributed by atoms with Crippen LogP contribution in [0.15, 0.2) is 12.1 Å². The van der Waals surface area contributed by atoms with Crippen molar-refractivity contribution in [1.82, 2.24) is 10.3 Å². The van der Waals surface area contributed by atoms with E-state index in [4.69, 9.17) is 11.6 Å². The summed E-state index contributed by atoms with van der Waals surface area (Å²) in [7, 11) is 1.76. The van der Waals surface area contributed by atoms with Gasteiger partial charge < -0.3 is 10.6 Å². The number of hydrogen-bond acceptors (Lipinski definition) is 3. The molecular formula is C13H18ClN3O. The van der Waals surface area contributed by atoms with Gasteiger partial charge in [0, 0.05) is 12.6 Å². The van der Waals surface area contributed by atoms with Crippen molar-refractivity contribution < 1.29 is 4.79 Å². The second-order valence-electron chi connectivity index (χ2n) is 4.72. The van der Waals surface area contributed by atoms with Crippen LogP contribution >= 0.6 is 11.6 Å². The van der Waals surface area contributed by atoms with Crippen molar-refractivity contribution in [2.45, 2.75) is 38.1 Å². The van der Waals surface area contributed by atoms with Gasteiger partial charge in [0.05, 0.1) is 5.02 Å². The van der Waals surface area contributed by atoms with Gasteiger partial charge in [-0.3, -0.25) is 4.79 Å². The monoisotopic (exact) mass is 267 g/mol. The summed E-state index contributed by atoms with van der Waals surface area (Å²) in [6.07, 6.45) is 4.20. The van der Waals surface area contributed by atoms with Crippen LogP contribution in [-0.4, -0.2) is 23.5 Å². The van der Waals surface area contributed by atoms with Gasteiger partial charge in [0.15, 0.2) is 0 Å². The van der Waals surface area contributed by atoms with E-state index in [0.717, 1.165) is 19.3 Å². The first-order valence-electron chi connectivity index (χ1n) is 6.27. The highest BCUT2D eigenvalue weighted by atomic mass is 35.5. The van der Waals surface area contributed by atoms with Crippen molar-refractivity contribution in [2.75, 3.05) is 12.4 Å². The molecule has 1 amide bonds. The summed E-state index contributed by atoms with van der Waals surface area (Å²) < 4.78 is 0. The SMILES string of the molecule is CCC1(NC(=O)c2nc(NC)ccc2Cl)CCC1. The number of aromatic nitrogens is 1. The number of anilines is 1. The molecule has 4 nitrogen and oxygen atoms in total. The van der Waals surface area contributed by atoms with Crippen LogP contribution in [0.5, 0.6) is 0 Å². The summed E-state index contributed by atoms with van der Waals surface area (Å²) in [6.45, 7) is 2.10. The Balaban J connectivity index is 2.18. The number of rotatable bonds is 4. The minimum atomic E-state index is -0.182. The van der Waals surface area contributed by atoms with Gasteiger partial charge in [0.25, 0.3) is 5.91 Å². The van der Waals surface area contributed by atoms with Crippen molar-refractivity contribution in [3.8, 4) is 0 Å². The number of nitrogens with zero attached hydrogens (tertiary/aromatic N) is 1. The summed E-state index contributed by atoms with van der Waals surface area (Å²) >= 11 is 6.03. The van der Waals surface area contributed by atoms with Crippen LogP contribution in [0, 0.1) is 0 Å². The Morgan fingerprint density at radius 1 is 1.50 bits per heavy atom. The molecule has 1 aromatic heterocycles. The van der Waals surface area contributed by atoms with E-state index in [2.05, 4.69) is 22.5 Å². The van der Waals surface area contributed by atoms with E-state index in [-0.39, 0.29) is 11.4 Å². The third-order valence-corrected chi connectivity index (χ3v) is 3.99. The van der Waals surface area contributed by atoms with Gasteiger partial charge >= 0.3 is 0 Å². The number of carbonyl (C=O) groups is 1. The van der Waals surface area contributed by atoms with Crippen molar-refractivity contribution >= 4 is 23.3 Å². The molecule has 0 unspecified atom stereocenters. The molecule has 1 heterocycles. The van der Waals surface area contributed by atoms with Gasteiger partial charge in [-0.2, -0.15) is 0 Å². The lowest BCUT2D eigenvalue weighted by atomic mass is 9.75. The third-order valence-electron chi connectivity index (χ3n) is 3.68. The first kappa shape index (κ1) is 13.1. The number of hydrogen-bond donors (Lipinski definition) is 2. The van der Waals surface area contributed by atoms with Crippen LogP contribution in [-0.2, 0) is 0 Å². The normalized spacial score (nSPS) is 16.8. The van der Waals surface area contributed by atoms with E-state index in [0.29, 0.717) is 16.5 Å². The zero-order valence-corrected chi connectivity index (χ0v) is 11.5. The van der Waals surface area contributed by atoms with Gasteiger partial charge in [0.1, 0.15) is 11.5 Å². The second kappa shape index (κ2) is 5.14. The molecule has 1 aliphatic carbocycles. The van der Waals surface area contributed by atoms with Crippen molar-refractivity contribution in [3.63, 3.8) is 0 Å². The summed E-state index contributed by atoms with van der Waals surface area (Å²) in [5.74, 6) is 0.461. The fraction of sp³-hybridized carbons (Fsp3) is 0.538. The minimum absolute atomic E-state index is 0.0439. The fourth-order valence-corrected chi connectivity index (χ4v) is 2.40. The molecule has 2 rings (SSSR count). The molecule has 1 aliphatic rings. The van der Waals surface area contributed by atoms with Crippen molar-refractivity contribution in [2.24, 2.45) is 0 Å². The lowest BCUT2D eigenvalue weighted by Gasteiger charge is -2.41. The Hall–Kier alpha value is -1.29. The molecule has 2 N–H and O–H groups in total. The van der Waals surface area contributed by atoms with Crippen molar-refractivity contribution in [1.29, 1.82) is 0 Å². The largest absolute Gasteiger partial charge is 0.373 e. The standard InChI is InChI=1S/C13H18ClN3O/c1-3-13(7-4-8-13)17-12(18)11-9(14)5-6-10(15-2)16-11/h5-6H,3-4,7-8H2,1-2H3,(H,15,16)(H,17,18). The van der Waals surface area contributed by atoms with Crippen LogP contribution < -0.4 is 10.6 Å². The Labute approximate surface area is 112 Å². The molecule has 1 fully saturated rings. The van der Waals surface area contributed by atoms with E-state index in [1.54, 1.807) is 19.2 Å². The Morgan fingerprint density at radius 2 is 2.22 bits per heavy atom. The van der Waals surface area contributed by atoms with Crippen LogP contribution in [0.4, 0.5) is 5.82 Å². The lowest BCUT2D eigenvalue weighted by molar-refractivity contribution is 0.0815. The molecule has 0 aromatic carbocycles. The Bertz CT molecular complexity index is 452. The molecule has 5 heteroatoms. The Morgan fingerprint density at radius 3 is 2.72 bits per heavy atom. The predicted octanol–water partition coefficient (Wildman–Crippen LogP) is 2.84. The maximum atomic E-state index is 12.2. The number of pyridine rings is 1. The topological polar surface area (TPSA) is 54.0 Å². The highest BCUT2D eigenvalue weighted by Crippen LogP contribution is 2.35. The van der Waals surface area contributed by atoms with Gasteiger partial charge in [-0.05, 0) is 37.8 Å². The van der Waals surface area contributed by atoms with E-state index in [1.807, 2.05) is 0 Å². The van der Waals surface area contributed by atoms with Crippen molar-refractivity contribution in [3.05, 3.63) is 22.8 Å². The summed E-state index contributed by atoms with van der Waals surface area (Å²) in [4.78, 5) is 16.4. The second-order valence-corrected chi connectivity index (χ2v) is 5.13. The van der Waals surface area contributed by atoms with Gasteiger partial charge in [-0.15, -0.1) is 0 Å². The zero-order chi connectivity index (χ0) is 13.2. The number of halogens is 1. The maximum Gasteiger partial charge on any atom is 0.271 e. The smallest absolute Gasteiger partial charge is 0.271 e. The molecule has 0 radical (unpaired) electrons. The van der Waals surface area contributed by atoms with Crippen LogP contribution in [0.25, 0.3) is 0 Å². The van der Waals surface area contributed by atoms with E-state index in [9.17, 15) is 4.79 Å². The molecule has 0 atom stereocenters. The van der Waals surface area contributed by atoms with Crippen LogP contribution in [0.2, 0.25) is 5.02 Å². The van der Waals surface area contributed by atoms with E-state index >= 15 is 0 Å². The number of nitrogens with one attached hydrogen (secondary N) is 2. The quantitative estimate of drug-likeness (QED) is 0.882. The van der Waals surface area contributed by atoms with Gasteiger partial charge in [0.2, 0.25) is 0 Å². The molecule has 98 valence electrons. The number of amides is 1. The predicted molar refractivity (Wildman–Crippen MR) is 73.1 cm³/mol. The maximum absolute atomic E-state index is 12.2. The molecule has 0 spiro atoms. The molecule has 18 heavy (non-hydrogen) atoms. The molecule has 0 bridgehead atoms. The van der Waals surface area contributed by atoms with Gasteiger partial charge in [-0.1, -0.05) is 18.5 Å². The highest BCUT2D eigenvalue weighted by molar-refractivity contribution is 6.33. The van der Waals surface area contributed by atoms with Crippen LogP contribution in [0.1, 0.15) is 43.1 Å². The summed E-state index contributed by atoms with van der Waals surface area (Å²) in [6, 6.07) is 3.44. The summed E-state index contributed by atoms with van der Waals surface area (Å²) in [5.41, 5.74) is 0.251. The summed E-state index contributed by atoms with van der Waals surface area (Å²) in [5, 5.41) is 6.36. The molecule has 0 aliphatic heterocycles. The van der Waals surface area contributed by atoms with Gasteiger partial charge in [-0.25, -0.2) is 4.98 Å². The first-order chi connectivity index (χ1) is 8.60.